The van der Waals surface area contributed by atoms with Crippen LogP contribution in [0.3, 0.4) is 0 Å². The molecule has 5 heteroatoms. The zero-order valence-electron chi connectivity index (χ0n) is 10.2. The number of aliphatic hydroxyl groups excluding tert-OH is 1. The molecule has 1 saturated carbocycles. The Kier molecular flexibility index (Phi) is 4.15. The van der Waals surface area contributed by atoms with Crippen molar-refractivity contribution in [2.75, 3.05) is 6.54 Å². The minimum absolute atomic E-state index is 0.0178. The fraction of sp³-hybridized carbons (Fsp3) is 0.538. The van der Waals surface area contributed by atoms with Crippen molar-refractivity contribution >= 4 is 5.91 Å². The highest BCUT2D eigenvalue weighted by atomic mass is 16.3. The number of hydrogen-bond donors (Lipinski definition) is 3. The van der Waals surface area contributed by atoms with E-state index in [0.29, 0.717) is 18.0 Å². The average Bonchev–Trinajstić information content (AvgIpc) is 2.36. The Bertz CT molecular complexity index is 422. The highest BCUT2D eigenvalue weighted by Crippen LogP contribution is 2.23. The van der Waals surface area contributed by atoms with Crippen LogP contribution in [0.4, 0.5) is 0 Å². The van der Waals surface area contributed by atoms with E-state index in [4.69, 9.17) is 0 Å². The number of aromatic hydroxyl groups is 1. The molecule has 1 aromatic heterocycles. The predicted molar refractivity (Wildman–Crippen MR) is 66.2 cm³/mol. The highest BCUT2D eigenvalue weighted by Gasteiger charge is 2.20. The van der Waals surface area contributed by atoms with Crippen LogP contribution in [0.2, 0.25) is 0 Å². The van der Waals surface area contributed by atoms with Crippen molar-refractivity contribution in [2.45, 2.75) is 31.8 Å². The van der Waals surface area contributed by atoms with Gasteiger partial charge in [-0.3, -0.25) is 9.78 Å². The number of hydrogen-bond acceptors (Lipinski definition) is 4. The monoisotopic (exact) mass is 250 g/mol. The van der Waals surface area contributed by atoms with Crippen LogP contribution in [0.15, 0.2) is 18.5 Å². The van der Waals surface area contributed by atoms with Gasteiger partial charge in [0.2, 0.25) is 0 Å². The summed E-state index contributed by atoms with van der Waals surface area (Å²) < 4.78 is 0. The van der Waals surface area contributed by atoms with Crippen LogP contribution in [0.25, 0.3) is 0 Å². The summed E-state index contributed by atoms with van der Waals surface area (Å²) in [6.45, 7) is 0.561. The van der Waals surface area contributed by atoms with Gasteiger partial charge in [-0.25, -0.2) is 0 Å². The second kappa shape index (κ2) is 5.82. The van der Waals surface area contributed by atoms with Gasteiger partial charge in [0.1, 0.15) is 5.75 Å². The number of nitrogens with zero attached hydrogens (tertiary/aromatic N) is 1. The molecule has 0 aliphatic heterocycles. The summed E-state index contributed by atoms with van der Waals surface area (Å²) in [6, 6.07) is 1.39. The second-order valence-corrected chi connectivity index (χ2v) is 4.83. The first kappa shape index (κ1) is 12.8. The molecular weight excluding hydrogens is 232 g/mol. The molecule has 2 atom stereocenters. The number of rotatable bonds is 3. The van der Waals surface area contributed by atoms with Crippen LogP contribution in [0.1, 0.15) is 36.0 Å². The Morgan fingerprint density at radius 1 is 1.44 bits per heavy atom. The van der Waals surface area contributed by atoms with Gasteiger partial charge >= 0.3 is 0 Å². The molecule has 0 radical (unpaired) electrons. The van der Waals surface area contributed by atoms with E-state index in [9.17, 15) is 15.0 Å². The molecule has 0 aromatic carbocycles. The number of aromatic nitrogens is 1. The van der Waals surface area contributed by atoms with Crippen LogP contribution < -0.4 is 5.32 Å². The molecule has 0 bridgehead atoms. The van der Waals surface area contributed by atoms with Crippen molar-refractivity contribution in [1.82, 2.24) is 10.3 Å². The lowest BCUT2D eigenvalue weighted by Crippen LogP contribution is -2.33. The first-order chi connectivity index (χ1) is 8.65. The Morgan fingerprint density at radius 3 is 3.00 bits per heavy atom. The normalized spacial score (nSPS) is 23.6. The number of amides is 1. The van der Waals surface area contributed by atoms with Crippen molar-refractivity contribution in [1.29, 1.82) is 0 Å². The van der Waals surface area contributed by atoms with E-state index in [1.165, 1.54) is 18.5 Å². The van der Waals surface area contributed by atoms with E-state index in [0.717, 1.165) is 25.7 Å². The molecule has 1 aliphatic carbocycles. The predicted octanol–water partition coefficient (Wildman–Crippen LogP) is 1.07. The molecule has 1 aromatic rings. The molecule has 2 unspecified atom stereocenters. The number of pyridine rings is 1. The van der Waals surface area contributed by atoms with Gasteiger partial charge in [-0.2, -0.15) is 0 Å². The molecule has 0 saturated heterocycles. The summed E-state index contributed by atoms with van der Waals surface area (Å²) in [5, 5.41) is 21.6. The van der Waals surface area contributed by atoms with Gasteiger partial charge in [0.25, 0.3) is 5.91 Å². The van der Waals surface area contributed by atoms with E-state index in [1.54, 1.807) is 0 Å². The average molecular weight is 250 g/mol. The van der Waals surface area contributed by atoms with E-state index >= 15 is 0 Å². The van der Waals surface area contributed by atoms with Crippen LogP contribution >= 0.6 is 0 Å². The van der Waals surface area contributed by atoms with Gasteiger partial charge in [0, 0.05) is 12.7 Å². The molecule has 98 valence electrons. The van der Waals surface area contributed by atoms with Gasteiger partial charge in [-0.15, -0.1) is 0 Å². The van der Waals surface area contributed by atoms with Crippen molar-refractivity contribution < 1.29 is 15.0 Å². The molecule has 1 heterocycles. The molecule has 1 amide bonds. The molecule has 0 spiro atoms. The van der Waals surface area contributed by atoms with Crippen LogP contribution in [0, 0.1) is 5.92 Å². The van der Waals surface area contributed by atoms with Crippen molar-refractivity contribution in [3.05, 3.63) is 24.0 Å². The Balaban J connectivity index is 1.84. The summed E-state index contributed by atoms with van der Waals surface area (Å²) >= 11 is 0. The SMILES string of the molecule is O=C(NCC1CCCC(O)C1)c1cncc(O)c1. The van der Waals surface area contributed by atoms with Gasteiger partial charge in [0.05, 0.1) is 17.9 Å². The number of carbonyl (C=O) groups is 1. The smallest absolute Gasteiger partial charge is 0.252 e. The number of nitrogens with one attached hydrogen (secondary N) is 1. The van der Waals surface area contributed by atoms with Crippen molar-refractivity contribution in [3.8, 4) is 5.75 Å². The molecule has 2 rings (SSSR count). The Morgan fingerprint density at radius 2 is 2.28 bits per heavy atom. The van der Waals surface area contributed by atoms with E-state index in [2.05, 4.69) is 10.3 Å². The number of carbonyl (C=O) groups excluding carboxylic acids is 1. The lowest BCUT2D eigenvalue weighted by atomic mass is 9.87. The lowest BCUT2D eigenvalue weighted by molar-refractivity contribution is 0.0873. The fourth-order valence-corrected chi connectivity index (χ4v) is 2.34. The third kappa shape index (κ3) is 3.43. The summed E-state index contributed by atoms with van der Waals surface area (Å²) in [5.74, 6) is 0.0807. The van der Waals surface area contributed by atoms with Gasteiger partial charge in [-0.1, -0.05) is 6.42 Å². The molecule has 1 aliphatic rings. The Labute approximate surface area is 106 Å². The minimum atomic E-state index is -0.238. The topological polar surface area (TPSA) is 82.5 Å². The zero-order valence-corrected chi connectivity index (χ0v) is 10.2. The van der Waals surface area contributed by atoms with Crippen molar-refractivity contribution in [3.63, 3.8) is 0 Å². The third-order valence-corrected chi connectivity index (χ3v) is 3.29. The third-order valence-electron chi connectivity index (χ3n) is 3.29. The van der Waals surface area contributed by atoms with Crippen LogP contribution in [0.5, 0.6) is 5.75 Å². The quantitative estimate of drug-likeness (QED) is 0.749. The lowest BCUT2D eigenvalue weighted by Gasteiger charge is -2.25. The summed E-state index contributed by atoms with van der Waals surface area (Å²) in [7, 11) is 0. The molecule has 18 heavy (non-hydrogen) atoms. The maximum absolute atomic E-state index is 11.8. The fourth-order valence-electron chi connectivity index (χ4n) is 2.34. The summed E-state index contributed by atoms with van der Waals surface area (Å²) in [6.07, 6.45) is 6.13. The van der Waals surface area contributed by atoms with Crippen LogP contribution in [-0.4, -0.2) is 33.8 Å². The highest BCUT2D eigenvalue weighted by molar-refractivity contribution is 5.94. The van der Waals surface area contributed by atoms with Gasteiger partial charge in [0.15, 0.2) is 0 Å². The van der Waals surface area contributed by atoms with Gasteiger partial charge < -0.3 is 15.5 Å². The molecular formula is C13H18N2O3. The second-order valence-electron chi connectivity index (χ2n) is 4.83. The van der Waals surface area contributed by atoms with Crippen molar-refractivity contribution in [2.24, 2.45) is 5.92 Å². The first-order valence-electron chi connectivity index (χ1n) is 6.25. The van der Waals surface area contributed by atoms with Gasteiger partial charge in [-0.05, 0) is 31.2 Å². The summed E-state index contributed by atoms with van der Waals surface area (Å²) in [4.78, 5) is 15.6. The minimum Gasteiger partial charge on any atom is -0.506 e. The maximum Gasteiger partial charge on any atom is 0.252 e. The van der Waals surface area contributed by atoms with Crippen LogP contribution in [-0.2, 0) is 0 Å². The number of aliphatic hydroxyl groups is 1. The molecule has 1 fully saturated rings. The van der Waals surface area contributed by atoms with E-state index < -0.39 is 0 Å². The largest absolute Gasteiger partial charge is 0.506 e. The maximum atomic E-state index is 11.8. The first-order valence-corrected chi connectivity index (χ1v) is 6.25. The van der Waals surface area contributed by atoms with E-state index in [-0.39, 0.29) is 17.8 Å². The standard InChI is InChI=1S/C13H18N2O3/c16-11-3-1-2-9(4-11)6-15-13(18)10-5-12(17)8-14-7-10/h5,7-9,11,16-17H,1-4,6H2,(H,15,18). The Hall–Kier alpha value is -1.62. The molecule has 5 nitrogen and oxygen atoms in total. The zero-order chi connectivity index (χ0) is 13.0. The molecule has 3 N–H and O–H groups in total. The van der Waals surface area contributed by atoms with E-state index in [1.807, 2.05) is 0 Å². The summed E-state index contributed by atoms with van der Waals surface area (Å²) in [5.41, 5.74) is 0.353.